The molecule has 0 aliphatic heterocycles. The highest BCUT2D eigenvalue weighted by atomic mass is 35.5. The molecular formula is C28H23ClN4O5S2. The van der Waals surface area contributed by atoms with Crippen molar-refractivity contribution in [2.45, 2.75) is 18.4 Å². The van der Waals surface area contributed by atoms with Gasteiger partial charge in [-0.15, -0.1) is 11.3 Å². The maximum atomic E-state index is 13.3. The van der Waals surface area contributed by atoms with Gasteiger partial charge in [-0.25, -0.2) is 22.9 Å². The second kappa shape index (κ2) is 11.1. The van der Waals surface area contributed by atoms with Crippen LogP contribution in [0.4, 0.5) is 5.69 Å². The fraction of sp³-hybridized carbons (Fsp3) is 0.107. The number of aromatic nitrogens is 3. The fourth-order valence-corrected chi connectivity index (χ4v) is 6.32. The van der Waals surface area contributed by atoms with Crippen molar-refractivity contribution in [1.82, 2.24) is 14.3 Å². The van der Waals surface area contributed by atoms with Gasteiger partial charge in [-0.2, -0.15) is 0 Å². The number of rotatable bonds is 8. The van der Waals surface area contributed by atoms with E-state index in [2.05, 4.69) is 9.71 Å². The summed E-state index contributed by atoms with van der Waals surface area (Å²) in [6.07, 6.45) is 0. The van der Waals surface area contributed by atoms with Gasteiger partial charge in [-0.05, 0) is 37.3 Å². The van der Waals surface area contributed by atoms with Crippen molar-refractivity contribution >= 4 is 44.6 Å². The number of thiazole rings is 1. The smallest absolute Gasteiger partial charge is 0.338 e. The molecule has 9 nitrogen and oxygen atoms in total. The van der Waals surface area contributed by atoms with E-state index in [1.165, 1.54) is 28.2 Å². The molecule has 2 heterocycles. The quantitative estimate of drug-likeness (QED) is 0.240. The molecule has 0 amide bonds. The number of benzene rings is 3. The zero-order valence-electron chi connectivity index (χ0n) is 21.4. The lowest BCUT2D eigenvalue weighted by Gasteiger charge is -2.10. The van der Waals surface area contributed by atoms with Gasteiger partial charge in [0.05, 0.1) is 27.5 Å². The molecular weight excluding hydrogens is 572 g/mol. The van der Waals surface area contributed by atoms with E-state index in [4.69, 9.17) is 16.3 Å². The van der Waals surface area contributed by atoms with E-state index >= 15 is 0 Å². The molecule has 0 aliphatic carbocycles. The summed E-state index contributed by atoms with van der Waals surface area (Å²) in [4.78, 5) is 30.2. The van der Waals surface area contributed by atoms with Crippen LogP contribution in [-0.4, -0.2) is 28.7 Å². The van der Waals surface area contributed by atoms with Crippen LogP contribution >= 0.6 is 22.9 Å². The van der Waals surface area contributed by atoms with Crippen LogP contribution in [0.1, 0.15) is 21.7 Å². The topological polar surface area (TPSA) is 112 Å². The van der Waals surface area contributed by atoms with Crippen LogP contribution in [-0.2, 0) is 28.4 Å². The van der Waals surface area contributed by atoms with Gasteiger partial charge >= 0.3 is 5.97 Å². The molecule has 0 aliphatic rings. The summed E-state index contributed by atoms with van der Waals surface area (Å²) in [7, 11) is -2.64. The molecule has 0 saturated carbocycles. The van der Waals surface area contributed by atoms with Crippen molar-refractivity contribution in [2.75, 3.05) is 4.72 Å². The van der Waals surface area contributed by atoms with Crippen LogP contribution in [0.25, 0.3) is 16.3 Å². The van der Waals surface area contributed by atoms with Gasteiger partial charge in [0, 0.05) is 23.0 Å². The molecule has 3 aromatic carbocycles. The zero-order valence-corrected chi connectivity index (χ0v) is 23.8. The van der Waals surface area contributed by atoms with E-state index < -0.39 is 21.6 Å². The number of nitrogens with one attached hydrogen (secondary N) is 1. The highest BCUT2D eigenvalue weighted by Gasteiger charge is 2.24. The van der Waals surface area contributed by atoms with Gasteiger partial charge in [-0.1, -0.05) is 60.1 Å². The lowest BCUT2D eigenvalue weighted by atomic mass is 10.2. The molecule has 5 aromatic rings. The molecule has 204 valence electrons. The van der Waals surface area contributed by atoms with Gasteiger partial charge in [0.15, 0.2) is 0 Å². The summed E-state index contributed by atoms with van der Waals surface area (Å²) < 4.78 is 37.3. The number of anilines is 1. The van der Waals surface area contributed by atoms with Crippen LogP contribution in [0.2, 0.25) is 5.02 Å². The summed E-state index contributed by atoms with van der Waals surface area (Å²) in [6.45, 7) is 1.53. The zero-order chi connectivity index (χ0) is 28.4. The summed E-state index contributed by atoms with van der Waals surface area (Å²) in [6, 6.07) is 22.1. The highest BCUT2D eigenvalue weighted by Crippen LogP contribution is 2.25. The number of esters is 1. The average Bonchev–Trinajstić information content (AvgIpc) is 3.51. The van der Waals surface area contributed by atoms with Crippen molar-refractivity contribution in [3.63, 3.8) is 0 Å². The van der Waals surface area contributed by atoms with Crippen molar-refractivity contribution in [1.29, 1.82) is 0 Å². The largest absolute Gasteiger partial charge is 0.456 e. The molecule has 2 aromatic heterocycles. The monoisotopic (exact) mass is 594 g/mol. The minimum atomic E-state index is -4.30. The molecule has 5 rings (SSSR count). The Hall–Kier alpha value is -4.19. The van der Waals surface area contributed by atoms with E-state index in [1.54, 1.807) is 48.3 Å². The molecule has 0 saturated heterocycles. The number of ether oxygens (including phenoxy) is 1. The lowest BCUT2D eigenvalue weighted by molar-refractivity contribution is 0.0468. The molecule has 0 fully saturated rings. The number of carbonyl (C=O) groups excluding carboxylic acids is 1. The maximum absolute atomic E-state index is 13.3. The van der Waals surface area contributed by atoms with Gasteiger partial charge in [0.25, 0.3) is 15.6 Å². The van der Waals surface area contributed by atoms with Crippen LogP contribution < -0.4 is 10.3 Å². The summed E-state index contributed by atoms with van der Waals surface area (Å²) in [5.41, 5.74) is 1.76. The van der Waals surface area contributed by atoms with Crippen molar-refractivity contribution in [3.05, 3.63) is 117 Å². The third-order valence-electron chi connectivity index (χ3n) is 6.13. The first-order valence-corrected chi connectivity index (χ1v) is 14.7. The SMILES string of the molecule is Cc1c(NS(=O)(=O)c2cc(Cl)cc(C(=O)OCc3csc(-c4ccccc4)n3)c2)c(=O)n(-c2ccccc2)n1C. The molecule has 40 heavy (non-hydrogen) atoms. The summed E-state index contributed by atoms with van der Waals surface area (Å²) in [5.74, 6) is -0.768. The van der Waals surface area contributed by atoms with Crippen LogP contribution in [0.15, 0.2) is 93.9 Å². The minimum absolute atomic E-state index is 0.0151. The Balaban J connectivity index is 1.36. The normalized spacial score (nSPS) is 11.4. The summed E-state index contributed by atoms with van der Waals surface area (Å²) in [5, 5.41) is 2.59. The molecule has 0 atom stereocenters. The third-order valence-corrected chi connectivity index (χ3v) is 8.62. The average molecular weight is 595 g/mol. The van der Waals surface area contributed by atoms with Crippen molar-refractivity contribution < 1.29 is 17.9 Å². The first-order valence-electron chi connectivity index (χ1n) is 12.0. The predicted octanol–water partition coefficient (Wildman–Crippen LogP) is 5.42. The predicted molar refractivity (Wildman–Crippen MR) is 155 cm³/mol. The Bertz CT molecular complexity index is 1860. The van der Waals surface area contributed by atoms with Crippen molar-refractivity contribution in [3.8, 4) is 16.3 Å². The van der Waals surface area contributed by atoms with E-state index in [0.29, 0.717) is 17.1 Å². The molecule has 12 heteroatoms. The summed E-state index contributed by atoms with van der Waals surface area (Å²) >= 11 is 7.61. The second-order valence-electron chi connectivity index (χ2n) is 8.80. The van der Waals surface area contributed by atoms with Crippen LogP contribution in [0.3, 0.4) is 0 Å². The van der Waals surface area contributed by atoms with E-state index in [-0.39, 0.29) is 27.8 Å². The molecule has 1 N–H and O–H groups in total. The first-order chi connectivity index (χ1) is 19.1. The second-order valence-corrected chi connectivity index (χ2v) is 11.8. The third kappa shape index (κ3) is 5.57. The lowest BCUT2D eigenvalue weighted by Crippen LogP contribution is -2.23. The van der Waals surface area contributed by atoms with Gasteiger partial charge in [0.2, 0.25) is 0 Å². The Morgan fingerprint density at radius 1 is 1.05 bits per heavy atom. The maximum Gasteiger partial charge on any atom is 0.338 e. The number of carbonyl (C=O) groups is 1. The van der Waals surface area contributed by atoms with Gasteiger partial charge < -0.3 is 4.74 Å². The van der Waals surface area contributed by atoms with E-state index in [9.17, 15) is 18.0 Å². The number of halogens is 1. The Kier molecular flexibility index (Phi) is 7.61. The molecule has 0 radical (unpaired) electrons. The molecule has 0 unspecified atom stereocenters. The Labute approximate surface area is 239 Å². The number of hydrogen-bond acceptors (Lipinski definition) is 7. The van der Waals surface area contributed by atoms with Crippen LogP contribution in [0.5, 0.6) is 0 Å². The number of sulfonamides is 1. The van der Waals surface area contributed by atoms with Crippen LogP contribution in [0, 0.1) is 6.92 Å². The van der Waals surface area contributed by atoms with E-state index in [0.717, 1.165) is 16.6 Å². The van der Waals surface area contributed by atoms with Gasteiger partial charge in [-0.3, -0.25) is 14.2 Å². The van der Waals surface area contributed by atoms with Gasteiger partial charge in [0.1, 0.15) is 17.3 Å². The minimum Gasteiger partial charge on any atom is -0.456 e. The number of para-hydroxylation sites is 1. The number of nitrogens with zero attached hydrogens (tertiary/aromatic N) is 3. The highest BCUT2D eigenvalue weighted by molar-refractivity contribution is 7.92. The Morgan fingerprint density at radius 2 is 1.73 bits per heavy atom. The molecule has 0 bridgehead atoms. The Morgan fingerprint density at radius 3 is 2.42 bits per heavy atom. The standard InChI is InChI=1S/C28H23ClN4O5S2/c1-18-25(27(34)33(32(18)2)23-11-7-4-8-12-23)31-40(36,37)24-14-20(13-21(29)15-24)28(35)38-16-22-17-39-26(30-22)19-9-5-3-6-10-19/h3-15,17,31H,16H2,1-2H3. The van der Waals surface area contributed by atoms with E-state index in [1.807, 2.05) is 36.4 Å². The first kappa shape index (κ1) is 27.4. The number of hydrogen-bond donors (Lipinski definition) is 1. The molecule has 0 spiro atoms. The fourth-order valence-electron chi connectivity index (χ4n) is 4.02. The van der Waals surface area contributed by atoms with Crippen molar-refractivity contribution in [2.24, 2.45) is 7.05 Å².